The van der Waals surface area contributed by atoms with E-state index in [-0.39, 0.29) is 12.0 Å². The monoisotopic (exact) mass is 304 g/mol. The van der Waals surface area contributed by atoms with E-state index in [2.05, 4.69) is 15.7 Å². The lowest BCUT2D eigenvalue weighted by Crippen LogP contribution is -2.31. The van der Waals surface area contributed by atoms with Crippen LogP contribution in [0.4, 0.5) is 11.6 Å². The van der Waals surface area contributed by atoms with Crippen LogP contribution in [0.3, 0.4) is 0 Å². The average molecular weight is 305 g/mol. The molecule has 0 spiro atoms. The maximum Gasteiger partial charge on any atom is 0.161 e. The highest BCUT2D eigenvalue weighted by Crippen LogP contribution is 2.38. The summed E-state index contributed by atoms with van der Waals surface area (Å²) in [6, 6.07) is 1.59. The van der Waals surface area contributed by atoms with E-state index in [1.54, 1.807) is 6.07 Å². The zero-order chi connectivity index (χ0) is 13.9. The molecule has 0 aromatic carbocycles. The number of hydrogen-bond donors (Lipinski definition) is 4. The van der Waals surface area contributed by atoms with E-state index in [1.165, 1.54) is 0 Å². The molecule has 2 rings (SSSR count). The largest absolute Gasteiger partial charge is 0.396 e. The fraction of sp³-hybridized carbons (Fsp3) is 0.583. The van der Waals surface area contributed by atoms with Crippen molar-refractivity contribution >= 4 is 34.8 Å². The standard InChI is InChI=1S/C12H18Cl2N4O/c13-8-5-9(14)11(18-15)17-10(8)16-6-12(7-19)3-1-2-4-12/h5,19H,1-4,6-7,15H2,(H2,16,17,18). The number of pyridine rings is 1. The molecule has 106 valence electrons. The molecule has 7 heteroatoms. The van der Waals surface area contributed by atoms with E-state index in [0.717, 1.165) is 25.7 Å². The van der Waals surface area contributed by atoms with Crippen LogP contribution < -0.4 is 16.6 Å². The Morgan fingerprint density at radius 1 is 1.26 bits per heavy atom. The van der Waals surface area contributed by atoms with Gasteiger partial charge in [0.05, 0.1) is 16.7 Å². The van der Waals surface area contributed by atoms with Crippen molar-refractivity contribution in [1.82, 2.24) is 4.98 Å². The number of hydrogen-bond acceptors (Lipinski definition) is 5. The van der Waals surface area contributed by atoms with Gasteiger partial charge in [0, 0.05) is 12.0 Å². The Kier molecular flexibility index (Phi) is 4.73. The first-order valence-electron chi connectivity index (χ1n) is 6.28. The highest BCUT2D eigenvalue weighted by molar-refractivity contribution is 6.37. The zero-order valence-electron chi connectivity index (χ0n) is 10.5. The summed E-state index contributed by atoms with van der Waals surface area (Å²) in [6.45, 7) is 0.815. The third-order valence-electron chi connectivity index (χ3n) is 3.70. The number of nitrogens with two attached hydrogens (primary N) is 1. The van der Waals surface area contributed by atoms with Crippen LogP contribution in [-0.4, -0.2) is 23.2 Å². The molecule has 0 amide bonds. The summed E-state index contributed by atoms with van der Waals surface area (Å²) in [5.41, 5.74) is 2.35. The van der Waals surface area contributed by atoms with Gasteiger partial charge in [0.15, 0.2) is 5.82 Å². The van der Waals surface area contributed by atoms with Gasteiger partial charge in [-0.3, -0.25) is 0 Å². The van der Waals surface area contributed by atoms with Crippen LogP contribution in [0.2, 0.25) is 10.0 Å². The number of nitrogen functional groups attached to an aromatic ring is 1. The van der Waals surface area contributed by atoms with Gasteiger partial charge >= 0.3 is 0 Å². The van der Waals surface area contributed by atoms with Gasteiger partial charge in [0.1, 0.15) is 5.82 Å². The number of aliphatic hydroxyl groups excluding tert-OH is 1. The molecule has 0 radical (unpaired) electrons. The van der Waals surface area contributed by atoms with E-state index in [0.29, 0.717) is 28.2 Å². The van der Waals surface area contributed by atoms with Gasteiger partial charge in [0.25, 0.3) is 0 Å². The minimum absolute atomic E-state index is 0.0685. The summed E-state index contributed by atoms with van der Waals surface area (Å²) in [4.78, 5) is 4.22. The number of aromatic nitrogens is 1. The van der Waals surface area contributed by atoms with E-state index in [1.807, 2.05) is 0 Å². The Morgan fingerprint density at radius 2 is 1.89 bits per heavy atom. The van der Waals surface area contributed by atoms with Crippen molar-refractivity contribution in [1.29, 1.82) is 0 Å². The number of nitrogens with one attached hydrogen (secondary N) is 2. The Hall–Kier alpha value is -0.750. The second kappa shape index (κ2) is 6.13. The van der Waals surface area contributed by atoms with Crippen molar-refractivity contribution in [2.24, 2.45) is 11.3 Å². The molecule has 0 atom stereocenters. The first kappa shape index (κ1) is 14.7. The molecule has 0 aliphatic heterocycles. The van der Waals surface area contributed by atoms with Crippen molar-refractivity contribution < 1.29 is 5.11 Å². The highest BCUT2D eigenvalue weighted by Gasteiger charge is 2.33. The van der Waals surface area contributed by atoms with Crippen LogP contribution in [0, 0.1) is 5.41 Å². The van der Waals surface area contributed by atoms with Gasteiger partial charge in [-0.2, -0.15) is 0 Å². The number of anilines is 2. The van der Waals surface area contributed by atoms with Crippen molar-refractivity contribution in [2.75, 3.05) is 23.9 Å². The second-order valence-corrected chi connectivity index (χ2v) is 5.83. The molecule has 0 unspecified atom stereocenters. The fourth-order valence-corrected chi connectivity index (χ4v) is 2.96. The fourth-order valence-electron chi connectivity index (χ4n) is 2.48. The smallest absolute Gasteiger partial charge is 0.161 e. The Balaban J connectivity index is 2.10. The molecule has 1 aromatic rings. The summed E-state index contributed by atoms with van der Waals surface area (Å²) < 4.78 is 0. The van der Waals surface area contributed by atoms with Crippen LogP contribution >= 0.6 is 23.2 Å². The maximum absolute atomic E-state index is 9.56. The molecule has 1 aromatic heterocycles. The van der Waals surface area contributed by atoms with Gasteiger partial charge in [-0.1, -0.05) is 36.0 Å². The molecule has 5 nitrogen and oxygen atoms in total. The summed E-state index contributed by atoms with van der Waals surface area (Å²) >= 11 is 12.0. The topological polar surface area (TPSA) is 83.2 Å². The van der Waals surface area contributed by atoms with Crippen LogP contribution in [0.25, 0.3) is 0 Å². The quantitative estimate of drug-likeness (QED) is 0.496. The third kappa shape index (κ3) is 3.23. The summed E-state index contributed by atoms with van der Waals surface area (Å²) in [5, 5.41) is 13.6. The van der Waals surface area contributed by atoms with Gasteiger partial charge in [-0.15, -0.1) is 0 Å². The van der Waals surface area contributed by atoms with E-state index in [4.69, 9.17) is 29.0 Å². The van der Waals surface area contributed by atoms with E-state index >= 15 is 0 Å². The van der Waals surface area contributed by atoms with Gasteiger partial charge in [-0.25, -0.2) is 10.8 Å². The van der Waals surface area contributed by atoms with Gasteiger partial charge < -0.3 is 15.8 Å². The Morgan fingerprint density at radius 3 is 2.47 bits per heavy atom. The normalized spacial score (nSPS) is 17.5. The number of rotatable bonds is 5. The molecule has 1 saturated carbocycles. The first-order valence-corrected chi connectivity index (χ1v) is 7.03. The van der Waals surface area contributed by atoms with Crippen molar-refractivity contribution in [2.45, 2.75) is 25.7 Å². The van der Waals surface area contributed by atoms with Crippen LogP contribution in [-0.2, 0) is 0 Å². The molecule has 1 aliphatic rings. The lowest BCUT2D eigenvalue weighted by atomic mass is 9.87. The van der Waals surface area contributed by atoms with Gasteiger partial charge in [0.2, 0.25) is 0 Å². The lowest BCUT2D eigenvalue weighted by molar-refractivity contribution is 0.142. The summed E-state index contributed by atoms with van der Waals surface area (Å²) in [7, 11) is 0. The molecule has 5 N–H and O–H groups in total. The second-order valence-electron chi connectivity index (χ2n) is 5.01. The molecule has 0 bridgehead atoms. The molecule has 19 heavy (non-hydrogen) atoms. The molecule has 1 heterocycles. The first-order chi connectivity index (χ1) is 9.10. The predicted octanol–water partition coefficient (Wildman–Crippen LogP) is 2.64. The van der Waals surface area contributed by atoms with Crippen molar-refractivity contribution in [3.05, 3.63) is 16.1 Å². The molecule has 1 aliphatic carbocycles. The highest BCUT2D eigenvalue weighted by atomic mass is 35.5. The Labute approximate surface area is 122 Å². The van der Waals surface area contributed by atoms with Gasteiger partial charge in [-0.05, 0) is 18.9 Å². The lowest BCUT2D eigenvalue weighted by Gasteiger charge is -2.27. The average Bonchev–Trinajstić information content (AvgIpc) is 2.87. The number of nitrogens with zero attached hydrogens (tertiary/aromatic N) is 1. The van der Waals surface area contributed by atoms with Crippen LogP contribution in [0.5, 0.6) is 0 Å². The van der Waals surface area contributed by atoms with Crippen molar-refractivity contribution in [3.63, 3.8) is 0 Å². The molecule has 0 saturated heterocycles. The van der Waals surface area contributed by atoms with E-state index < -0.39 is 0 Å². The third-order valence-corrected chi connectivity index (χ3v) is 4.27. The van der Waals surface area contributed by atoms with Crippen LogP contribution in [0.1, 0.15) is 25.7 Å². The molecular formula is C12H18Cl2N4O. The molecular weight excluding hydrogens is 287 g/mol. The Bertz CT molecular complexity index is 450. The maximum atomic E-state index is 9.56. The molecule has 1 fully saturated rings. The zero-order valence-corrected chi connectivity index (χ0v) is 12.1. The SMILES string of the molecule is NNc1nc(NCC2(CO)CCCC2)c(Cl)cc1Cl. The predicted molar refractivity (Wildman–Crippen MR) is 78.5 cm³/mol. The number of aliphatic hydroxyl groups is 1. The minimum Gasteiger partial charge on any atom is -0.396 e. The number of hydrazine groups is 1. The number of halogens is 2. The van der Waals surface area contributed by atoms with E-state index in [9.17, 15) is 5.11 Å². The summed E-state index contributed by atoms with van der Waals surface area (Å²) in [6.07, 6.45) is 4.34. The summed E-state index contributed by atoms with van der Waals surface area (Å²) in [5.74, 6) is 6.23. The minimum atomic E-state index is -0.0685. The van der Waals surface area contributed by atoms with Crippen molar-refractivity contribution in [3.8, 4) is 0 Å². The van der Waals surface area contributed by atoms with Crippen LogP contribution in [0.15, 0.2) is 6.07 Å².